The third-order valence-electron chi connectivity index (χ3n) is 1.82. The van der Waals surface area contributed by atoms with Crippen LogP contribution < -0.4 is 0 Å². The number of allylic oxidation sites excluding steroid dienone is 4. The van der Waals surface area contributed by atoms with Gasteiger partial charge >= 0.3 is 11.8 Å². The zero-order valence-electron chi connectivity index (χ0n) is 6.65. The number of alkyl halides is 4. The quantitative estimate of drug-likeness (QED) is 0.587. The van der Waals surface area contributed by atoms with Crippen LogP contribution in [0.2, 0.25) is 0 Å². The van der Waals surface area contributed by atoms with Crippen molar-refractivity contribution in [2.45, 2.75) is 18.8 Å². The molecule has 0 atom stereocenters. The second-order valence-corrected chi connectivity index (χ2v) is 3.51. The maximum Gasteiger partial charge on any atom is 0.333 e. The molecule has 0 heterocycles. The first-order valence-electron chi connectivity index (χ1n) is 3.32. The molecule has 0 unspecified atom stereocenters. The lowest BCUT2D eigenvalue weighted by atomic mass is 9.99. The molecule has 0 aromatic heterocycles. The van der Waals surface area contributed by atoms with Gasteiger partial charge in [-0.3, -0.25) is 0 Å². The van der Waals surface area contributed by atoms with Crippen molar-refractivity contribution in [3.8, 4) is 0 Å². The summed E-state index contributed by atoms with van der Waals surface area (Å²) in [5, 5.41) is 0. The lowest BCUT2D eigenvalue weighted by Gasteiger charge is -2.27. The van der Waals surface area contributed by atoms with E-state index in [9.17, 15) is 26.3 Å². The Hall–Kier alpha value is -0.460. The van der Waals surface area contributed by atoms with Crippen LogP contribution in [0.3, 0.4) is 0 Å². The molecule has 0 N–H and O–H groups in total. The highest BCUT2D eigenvalue weighted by Gasteiger charge is 2.56. The highest BCUT2D eigenvalue weighted by atomic mass is 79.9. The van der Waals surface area contributed by atoms with Crippen molar-refractivity contribution in [3.05, 3.63) is 21.7 Å². The Kier molecular flexibility index (Phi) is 2.50. The molecule has 0 spiro atoms. The largest absolute Gasteiger partial charge is 0.333 e. The molecule has 0 radical (unpaired) electrons. The van der Waals surface area contributed by atoms with E-state index in [0.29, 0.717) is 6.92 Å². The summed E-state index contributed by atoms with van der Waals surface area (Å²) in [6, 6.07) is 0. The molecule has 0 saturated heterocycles. The van der Waals surface area contributed by atoms with Crippen LogP contribution in [0.15, 0.2) is 21.7 Å². The summed E-state index contributed by atoms with van der Waals surface area (Å²) in [6.45, 7) is 0.419. The summed E-state index contributed by atoms with van der Waals surface area (Å²) in [4.78, 5) is 0. The Morgan fingerprint density at radius 3 is 1.79 bits per heavy atom. The van der Waals surface area contributed by atoms with Crippen molar-refractivity contribution < 1.29 is 26.3 Å². The number of hydrogen-bond acceptors (Lipinski definition) is 0. The smallest absolute Gasteiger partial charge is 0.205 e. The highest BCUT2D eigenvalue weighted by Crippen LogP contribution is 2.51. The molecular formula is C7H3BrF6. The second kappa shape index (κ2) is 3.01. The Bertz CT molecular complexity index is 278. The fourth-order valence-corrected chi connectivity index (χ4v) is 1.33. The van der Waals surface area contributed by atoms with Crippen LogP contribution in [0.25, 0.3) is 0 Å². The molecule has 1 rings (SSSR count). The van der Waals surface area contributed by atoms with Crippen LogP contribution in [0, 0.1) is 0 Å². The Morgan fingerprint density at radius 1 is 0.929 bits per heavy atom. The van der Waals surface area contributed by atoms with Gasteiger partial charge in [0.2, 0.25) is 0 Å². The topological polar surface area (TPSA) is 0 Å². The Balaban J connectivity index is 3.46. The van der Waals surface area contributed by atoms with E-state index >= 15 is 0 Å². The van der Waals surface area contributed by atoms with Crippen LogP contribution in [0.1, 0.15) is 6.92 Å². The number of hydrogen-bond donors (Lipinski definition) is 0. The molecular weight excluding hydrogens is 278 g/mol. The van der Waals surface area contributed by atoms with E-state index in [4.69, 9.17) is 0 Å². The monoisotopic (exact) mass is 280 g/mol. The molecule has 80 valence electrons. The predicted molar refractivity (Wildman–Crippen MR) is 40.8 cm³/mol. The molecule has 0 fully saturated rings. The third-order valence-corrected chi connectivity index (χ3v) is 2.67. The first-order valence-corrected chi connectivity index (χ1v) is 4.12. The molecule has 0 aromatic rings. The Labute approximate surface area is 83.4 Å². The molecule has 0 aliphatic heterocycles. The average molecular weight is 281 g/mol. The van der Waals surface area contributed by atoms with Gasteiger partial charge in [0.05, 0.1) is 0 Å². The van der Waals surface area contributed by atoms with E-state index in [1.165, 1.54) is 0 Å². The zero-order chi connectivity index (χ0) is 11.3. The van der Waals surface area contributed by atoms with Gasteiger partial charge in [-0.1, -0.05) is 0 Å². The molecule has 1 aliphatic carbocycles. The second-order valence-electron chi connectivity index (χ2n) is 2.72. The maximum atomic E-state index is 12.7. The van der Waals surface area contributed by atoms with E-state index in [-0.39, 0.29) is 0 Å². The summed E-state index contributed by atoms with van der Waals surface area (Å²) in [7, 11) is 0. The van der Waals surface area contributed by atoms with Crippen LogP contribution in [-0.4, -0.2) is 11.8 Å². The fourth-order valence-electron chi connectivity index (χ4n) is 0.910. The minimum Gasteiger partial charge on any atom is -0.205 e. The SMILES string of the molecule is CC1=C(F)C(F)(F)C(Br)=C(F)C1(F)F. The molecule has 0 amide bonds. The van der Waals surface area contributed by atoms with Gasteiger partial charge in [0, 0.05) is 5.57 Å². The first-order chi connectivity index (χ1) is 6.13. The van der Waals surface area contributed by atoms with Crippen LogP contribution in [0.5, 0.6) is 0 Å². The van der Waals surface area contributed by atoms with E-state index < -0.39 is 33.6 Å². The maximum absolute atomic E-state index is 12.7. The van der Waals surface area contributed by atoms with E-state index in [1.807, 2.05) is 15.9 Å². The molecule has 0 nitrogen and oxygen atoms in total. The minimum atomic E-state index is -4.35. The molecule has 7 heteroatoms. The zero-order valence-corrected chi connectivity index (χ0v) is 8.23. The molecule has 0 bridgehead atoms. The van der Waals surface area contributed by atoms with Crippen LogP contribution in [-0.2, 0) is 0 Å². The van der Waals surface area contributed by atoms with Gasteiger partial charge < -0.3 is 0 Å². The normalized spacial score (nSPS) is 25.7. The minimum absolute atomic E-state index is 0.419. The van der Waals surface area contributed by atoms with Crippen molar-refractivity contribution in [2.24, 2.45) is 0 Å². The fraction of sp³-hybridized carbons (Fsp3) is 0.429. The van der Waals surface area contributed by atoms with E-state index in [0.717, 1.165) is 0 Å². The first kappa shape index (κ1) is 11.6. The summed E-state index contributed by atoms with van der Waals surface area (Å²) in [5.74, 6) is -13.3. The lowest BCUT2D eigenvalue weighted by molar-refractivity contribution is 0.00532. The van der Waals surface area contributed by atoms with Crippen molar-refractivity contribution in [3.63, 3.8) is 0 Å². The van der Waals surface area contributed by atoms with Gasteiger partial charge in [0.25, 0.3) is 0 Å². The van der Waals surface area contributed by atoms with Gasteiger partial charge in [0.15, 0.2) is 11.7 Å². The van der Waals surface area contributed by atoms with Crippen molar-refractivity contribution in [1.82, 2.24) is 0 Å². The van der Waals surface area contributed by atoms with Crippen LogP contribution in [0.4, 0.5) is 26.3 Å². The predicted octanol–water partition coefficient (Wildman–Crippen LogP) is 4.09. The lowest BCUT2D eigenvalue weighted by Crippen LogP contribution is -2.33. The molecule has 14 heavy (non-hydrogen) atoms. The van der Waals surface area contributed by atoms with Crippen molar-refractivity contribution >= 4 is 15.9 Å². The van der Waals surface area contributed by atoms with E-state index in [1.54, 1.807) is 0 Å². The highest BCUT2D eigenvalue weighted by molar-refractivity contribution is 9.11. The third kappa shape index (κ3) is 1.29. The van der Waals surface area contributed by atoms with Crippen molar-refractivity contribution in [2.75, 3.05) is 0 Å². The number of rotatable bonds is 0. The van der Waals surface area contributed by atoms with E-state index in [2.05, 4.69) is 0 Å². The molecule has 0 saturated carbocycles. The van der Waals surface area contributed by atoms with Gasteiger partial charge in [-0.15, -0.1) is 0 Å². The van der Waals surface area contributed by atoms with Gasteiger partial charge in [0.1, 0.15) is 4.48 Å². The van der Waals surface area contributed by atoms with Gasteiger partial charge in [-0.2, -0.15) is 17.6 Å². The summed E-state index contributed by atoms with van der Waals surface area (Å²) >= 11 is 1.92. The Morgan fingerprint density at radius 2 is 1.36 bits per heavy atom. The molecule has 1 aliphatic rings. The van der Waals surface area contributed by atoms with Gasteiger partial charge in [-0.05, 0) is 22.9 Å². The number of halogens is 7. The summed E-state index contributed by atoms with van der Waals surface area (Å²) in [6.07, 6.45) is 0. The van der Waals surface area contributed by atoms with Crippen molar-refractivity contribution in [1.29, 1.82) is 0 Å². The standard InChI is InChI=1S/C7H3BrF6/c1-2-4(9)7(13,14)3(8)5(10)6(2,11)12/h1H3. The van der Waals surface area contributed by atoms with Gasteiger partial charge in [-0.25, -0.2) is 8.78 Å². The van der Waals surface area contributed by atoms with Crippen LogP contribution >= 0.6 is 15.9 Å². The average Bonchev–Trinajstić information content (AvgIpc) is 2.11. The summed E-state index contributed by atoms with van der Waals surface area (Å²) in [5.41, 5.74) is -1.61. The molecule has 0 aromatic carbocycles. The summed E-state index contributed by atoms with van der Waals surface area (Å²) < 4.78 is 74.5.